The lowest BCUT2D eigenvalue weighted by molar-refractivity contribution is 0.137. The fourth-order valence-corrected chi connectivity index (χ4v) is 3.90. The monoisotopic (exact) mass is 332 g/mol. The third-order valence-electron chi connectivity index (χ3n) is 5.62. The van der Waals surface area contributed by atoms with E-state index in [1.54, 1.807) is 7.11 Å². The van der Waals surface area contributed by atoms with Crippen molar-refractivity contribution in [3.8, 4) is 5.75 Å². The number of piperidine rings is 1. The predicted octanol–water partition coefficient (Wildman–Crippen LogP) is 4.16. The van der Waals surface area contributed by atoms with Crippen molar-refractivity contribution in [1.82, 2.24) is 4.90 Å². The van der Waals surface area contributed by atoms with Crippen molar-refractivity contribution in [2.75, 3.05) is 26.7 Å². The molecule has 1 aromatic rings. The highest BCUT2D eigenvalue weighted by Crippen LogP contribution is 2.39. The number of methoxy groups -OCH3 is 1. The summed E-state index contributed by atoms with van der Waals surface area (Å²) in [7, 11) is 1.77. The smallest absolute Gasteiger partial charge is 0.122 e. The number of likely N-dealkylation sites (tertiary alicyclic amines) is 1. The van der Waals surface area contributed by atoms with Crippen LogP contribution in [0.5, 0.6) is 5.75 Å². The van der Waals surface area contributed by atoms with E-state index >= 15 is 0 Å². The van der Waals surface area contributed by atoms with Crippen LogP contribution in [-0.4, -0.2) is 37.7 Å². The number of ether oxygens (including phenoxy) is 1. The summed E-state index contributed by atoms with van der Waals surface area (Å²) >= 11 is 0. The molecule has 0 amide bonds. The zero-order valence-corrected chi connectivity index (χ0v) is 16.4. The van der Waals surface area contributed by atoms with Crippen molar-refractivity contribution < 1.29 is 4.74 Å². The fourth-order valence-electron chi connectivity index (χ4n) is 3.90. The number of hydrogen-bond acceptors (Lipinski definition) is 3. The lowest BCUT2D eigenvalue weighted by atomic mass is 9.77. The first-order valence-electron chi connectivity index (χ1n) is 9.40. The van der Waals surface area contributed by atoms with Gasteiger partial charge >= 0.3 is 0 Å². The molecule has 2 rings (SSSR count). The molecule has 3 nitrogen and oxygen atoms in total. The van der Waals surface area contributed by atoms with Gasteiger partial charge in [-0.15, -0.1) is 0 Å². The van der Waals surface area contributed by atoms with Crippen LogP contribution in [0.4, 0.5) is 0 Å². The van der Waals surface area contributed by atoms with E-state index < -0.39 is 0 Å². The second-order valence-corrected chi connectivity index (χ2v) is 8.52. The summed E-state index contributed by atoms with van der Waals surface area (Å²) < 4.78 is 5.68. The molecule has 0 radical (unpaired) electrons. The Morgan fingerprint density at radius 2 is 1.83 bits per heavy atom. The lowest BCUT2D eigenvalue weighted by Gasteiger charge is -2.38. The Balaban J connectivity index is 2.26. The number of nitrogens with two attached hydrogens (primary N) is 1. The Labute approximate surface area is 148 Å². The minimum Gasteiger partial charge on any atom is -0.496 e. The van der Waals surface area contributed by atoms with Crippen molar-refractivity contribution in [1.29, 1.82) is 0 Å². The maximum atomic E-state index is 6.24. The van der Waals surface area contributed by atoms with E-state index in [4.69, 9.17) is 10.5 Å². The van der Waals surface area contributed by atoms with Crippen LogP contribution < -0.4 is 10.5 Å². The van der Waals surface area contributed by atoms with Gasteiger partial charge in [-0.3, -0.25) is 0 Å². The molecule has 1 aliphatic rings. The van der Waals surface area contributed by atoms with Crippen LogP contribution >= 0.6 is 0 Å². The summed E-state index contributed by atoms with van der Waals surface area (Å²) in [6, 6.07) is 7.30. The van der Waals surface area contributed by atoms with Gasteiger partial charge in [-0.25, -0.2) is 0 Å². The molecule has 24 heavy (non-hydrogen) atoms. The van der Waals surface area contributed by atoms with Crippen LogP contribution in [0.2, 0.25) is 0 Å². The molecule has 0 aromatic heterocycles. The fraction of sp³-hybridized carbons (Fsp3) is 0.714. The number of rotatable bonds is 5. The molecule has 1 saturated heterocycles. The summed E-state index contributed by atoms with van der Waals surface area (Å²) in [5.41, 5.74) is 9.04. The average molecular weight is 333 g/mol. The largest absolute Gasteiger partial charge is 0.496 e. The first-order valence-corrected chi connectivity index (χ1v) is 9.40. The molecule has 0 aliphatic carbocycles. The molecule has 2 N–H and O–H groups in total. The summed E-state index contributed by atoms with van der Waals surface area (Å²) in [6.45, 7) is 14.4. The summed E-state index contributed by atoms with van der Waals surface area (Å²) in [6.07, 6.45) is 2.45. The number of nitrogens with zero attached hydrogens (tertiary/aromatic N) is 1. The highest BCUT2D eigenvalue weighted by Gasteiger charge is 2.30. The lowest BCUT2D eigenvalue weighted by Crippen LogP contribution is -2.40. The molecule has 1 aromatic carbocycles. The zero-order valence-electron chi connectivity index (χ0n) is 16.4. The number of benzene rings is 1. The van der Waals surface area contributed by atoms with Gasteiger partial charge in [-0.05, 0) is 74.8 Å². The van der Waals surface area contributed by atoms with Crippen molar-refractivity contribution >= 4 is 0 Å². The summed E-state index contributed by atoms with van der Waals surface area (Å²) in [5.74, 6) is 2.02. The molecular weight excluding hydrogens is 296 g/mol. The Kier molecular flexibility index (Phi) is 6.33. The quantitative estimate of drug-likeness (QED) is 0.880. The normalized spacial score (nSPS) is 18.8. The molecule has 1 heterocycles. The van der Waals surface area contributed by atoms with E-state index in [-0.39, 0.29) is 5.41 Å². The minimum absolute atomic E-state index is 0.140. The highest BCUT2D eigenvalue weighted by atomic mass is 16.5. The third-order valence-corrected chi connectivity index (χ3v) is 5.62. The summed E-state index contributed by atoms with van der Waals surface area (Å²) in [4.78, 5) is 2.58. The molecular formula is C21H36N2O. The molecule has 136 valence electrons. The minimum atomic E-state index is 0.140. The van der Waals surface area contributed by atoms with Gasteiger partial charge < -0.3 is 15.4 Å². The highest BCUT2D eigenvalue weighted by molar-refractivity contribution is 5.42. The van der Waals surface area contributed by atoms with Crippen LogP contribution in [0.3, 0.4) is 0 Å². The first kappa shape index (κ1) is 19.3. The average Bonchev–Trinajstić information content (AvgIpc) is 2.55. The van der Waals surface area contributed by atoms with Gasteiger partial charge in [0.05, 0.1) is 7.11 Å². The topological polar surface area (TPSA) is 38.5 Å². The SMILES string of the molecule is COc1ccc(C(C)(C)C)cc1C(CN)C1CCN(C(C)C)CC1. The van der Waals surface area contributed by atoms with E-state index in [9.17, 15) is 0 Å². The molecule has 0 spiro atoms. The molecule has 0 bridgehead atoms. The van der Waals surface area contributed by atoms with Crippen LogP contribution in [0, 0.1) is 5.92 Å². The number of hydrogen-bond donors (Lipinski definition) is 1. The van der Waals surface area contributed by atoms with Crippen LogP contribution in [0.15, 0.2) is 18.2 Å². The molecule has 1 atom stereocenters. The van der Waals surface area contributed by atoms with E-state index in [2.05, 4.69) is 57.7 Å². The van der Waals surface area contributed by atoms with Gasteiger partial charge in [0.25, 0.3) is 0 Å². The van der Waals surface area contributed by atoms with Gasteiger partial charge in [-0.1, -0.05) is 32.9 Å². The standard InChI is InChI=1S/C21H36N2O/c1-15(2)23-11-9-16(10-12-23)19(14-22)18-13-17(21(3,4)5)7-8-20(18)24-6/h7-8,13,15-16,19H,9-12,14,22H2,1-6H3. The molecule has 0 saturated carbocycles. The second-order valence-electron chi connectivity index (χ2n) is 8.52. The molecule has 1 unspecified atom stereocenters. The zero-order chi connectivity index (χ0) is 17.9. The van der Waals surface area contributed by atoms with Crippen molar-refractivity contribution in [3.05, 3.63) is 29.3 Å². The van der Waals surface area contributed by atoms with Gasteiger partial charge in [0.15, 0.2) is 0 Å². The van der Waals surface area contributed by atoms with Crippen molar-refractivity contribution in [3.63, 3.8) is 0 Å². The Bertz CT molecular complexity index is 525. The third kappa shape index (κ3) is 4.31. The van der Waals surface area contributed by atoms with Crippen LogP contribution in [0.25, 0.3) is 0 Å². The van der Waals surface area contributed by atoms with Crippen LogP contribution in [0.1, 0.15) is 64.5 Å². The molecule has 1 aliphatic heterocycles. The Morgan fingerprint density at radius 3 is 2.29 bits per heavy atom. The van der Waals surface area contributed by atoms with Crippen molar-refractivity contribution in [2.45, 2.75) is 64.8 Å². The van der Waals surface area contributed by atoms with Gasteiger partial charge in [0.1, 0.15) is 5.75 Å². The molecule has 1 fully saturated rings. The van der Waals surface area contributed by atoms with Gasteiger partial charge in [0.2, 0.25) is 0 Å². The second kappa shape index (κ2) is 7.88. The maximum absolute atomic E-state index is 6.24. The van der Waals surface area contributed by atoms with E-state index in [0.29, 0.717) is 24.4 Å². The summed E-state index contributed by atoms with van der Waals surface area (Å²) in [5, 5.41) is 0. The van der Waals surface area contributed by atoms with Crippen molar-refractivity contribution in [2.24, 2.45) is 11.7 Å². The molecule has 3 heteroatoms. The van der Waals surface area contributed by atoms with E-state index in [0.717, 1.165) is 5.75 Å². The van der Waals surface area contributed by atoms with E-state index in [1.165, 1.54) is 37.1 Å². The predicted molar refractivity (Wildman–Crippen MR) is 103 cm³/mol. The van der Waals surface area contributed by atoms with Gasteiger partial charge in [-0.2, -0.15) is 0 Å². The van der Waals surface area contributed by atoms with E-state index in [1.807, 2.05) is 0 Å². The van der Waals surface area contributed by atoms with Crippen LogP contribution in [-0.2, 0) is 5.41 Å². The van der Waals surface area contributed by atoms with Gasteiger partial charge in [0, 0.05) is 12.0 Å². The Hall–Kier alpha value is -1.06. The maximum Gasteiger partial charge on any atom is 0.122 e. The first-order chi connectivity index (χ1) is 11.3. The Morgan fingerprint density at radius 1 is 1.21 bits per heavy atom.